The lowest BCUT2D eigenvalue weighted by molar-refractivity contribution is -0.157. The number of pyridine rings is 1. The van der Waals surface area contributed by atoms with Gasteiger partial charge in [-0.3, -0.25) is 24.2 Å². The van der Waals surface area contributed by atoms with E-state index in [2.05, 4.69) is 4.90 Å². The van der Waals surface area contributed by atoms with E-state index in [4.69, 9.17) is 21.7 Å². The number of rotatable bonds is 6. The highest BCUT2D eigenvalue weighted by Gasteiger charge is 2.56. The fourth-order valence-electron chi connectivity index (χ4n) is 6.30. The third-order valence-corrected chi connectivity index (χ3v) is 8.58. The summed E-state index contributed by atoms with van der Waals surface area (Å²) in [6.45, 7) is 2.27. The van der Waals surface area contributed by atoms with Crippen LogP contribution in [0.25, 0.3) is 0 Å². The molecule has 37 heavy (non-hydrogen) atoms. The molecule has 2 bridgehead atoms. The van der Waals surface area contributed by atoms with Crippen molar-refractivity contribution >= 4 is 29.1 Å². The number of carbonyl (C=O) groups excluding carboxylic acids is 2. The minimum absolute atomic E-state index is 0.0260. The van der Waals surface area contributed by atoms with Crippen molar-refractivity contribution in [2.45, 2.75) is 25.3 Å². The van der Waals surface area contributed by atoms with Gasteiger partial charge in [0.2, 0.25) is 11.8 Å². The van der Waals surface area contributed by atoms with Crippen molar-refractivity contribution in [2.75, 3.05) is 47.9 Å². The molecule has 2 fully saturated rings. The molecule has 5 rings (SSSR count). The number of hydrogen-bond acceptors (Lipinski definition) is 7. The van der Waals surface area contributed by atoms with Gasteiger partial charge >= 0.3 is 0 Å². The van der Waals surface area contributed by atoms with Crippen LogP contribution in [0.1, 0.15) is 23.6 Å². The normalized spacial score (nSPS) is 23.2. The second-order valence-electron chi connectivity index (χ2n) is 10.3. The van der Waals surface area contributed by atoms with Gasteiger partial charge in [0, 0.05) is 70.4 Å². The highest BCUT2D eigenvalue weighted by molar-refractivity contribution is 7.80. The molecule has 4 heterocycles. The van der Waals surface area contributed by atoms with Gasteiger partial charge in [0.05, 0.1) is 14.2 Å². The number of amides is 2. The van der Waals surface area contributed by atoms with E-state index < -0.39 is 5.41 Å². The Labute approximate surface area is 221 Å². The van der Waals surface area contributed by atoms with Gasteiger partial charge in [-0.15, -0.1) is 0 Å². The Kier molecular flexibility index (Phi) is 6.57. The van der Waals surface area contributed by atoms with Crippen molar-refractivity contribution in [3.05, 3.63) is 58.0 Å². The standard InChI is InChI=1S/C27H32N4O5S/c1-28-24(33)27(25(34)29(2)26(28)37,12-18-8-9-20(35-3)11-22(18)36-4)16-30-13-17-10-19(15-30)21-6-5-7-23(32)31(21)14-17/h5-9,11,17,19H,10,12-16H2,1-4H3/t17-,19+/m0/s1. The molecule has 1 aromatic heterocycles. The quantitative estimate of drug-likeness (QED) is 0.420. The Balaban J connectivity index is 1.53. The predicted molar refractivity (Wildman–Crippen MR) is 142 cm³/mol. The lowest BCUT2D eigenvalue weighted by atomic mass is 9.75. The summed E-state index contributed by atoms with van der Waals surface area (Å²) in [6.07, 6.45) is 1.15. The fraction of sp³-hybridized carbons (Fsp3) is 0.481. The van der Waals surface area contributed by atoms with E-state index in [1.807, 2.05) is 22.8 Å². The molecule has 0 unspecified atom stereocenters. The third kappa shape index (κ3) is 4.21. The molecule has 9 nitrogen and oxygen atoms in total. The lowest BCUT2D eigenvalue weighted by Crippen LogP contribution is -2.67. The molecule has 3 aliphatic heterocycles. The summed E-state index contributed by atoms with van der Waals surface area (Å²) >= 11 is 5.40. The zero-order chi connectivity index (χ0) is 26.5. The SMILES string of the molecule is COc1ccc(CC2(CN3C[C@@H]4C[C@H](C3)c3cccc(=O)n3C4)C(=O)N(C)C(=S)N(C)C2=O)c(OC)c1. The molecule has 1 aromatic carbocycles. The van der Waals surface area contributed by atoms with Crippen LogP contribution in [-0.2, 0) is 22.6 Å². The van der Waals surface area contributed by atoms with Crippen molar-refractivity contribution in [3.8, 4) is 11.5 Å². The molecule has 0 saturated carbocycles. The topological polar surface area (TPSA) is 84.3 Å². The Bertz CT molecular complexity index is 1300. The summed E-state index contributed by atoms with van der Waals surface area (Å²) < 4.78 is 12.8. The summed E-state index contributed by atoms with van der Waals surface area (Å²) in [5.41, 5.74) is 0.415. The van der Waals surface area contributed by atoms with Crippen molar-refractivity contribution < 1.29 is 19.1 Å². The van der Waals surface area contributed by atoms with Crippen molar-refractivity contribution in [3.63, 3.8) is 0 Å². The summed E-state index contributed by atoms with van der Waals surface area (Å²) in [7, 11) is 6.39. The van der Waals surface area contributed by atoms with E-state index in [1.165, 1.54) is 9.80 Å². The van der Waals surface area contributed by atoms with Gasteiger partial charge in [-0.1, -0.05) is 12.1 Å². The van der Waals surface area contributed by atoms with Gasteiger partial charge in [-0.2, -0.15) is 0 Å². The third-order valence-electron chi connectivity index (χ3n) is 8.04. The molecule has 0 radical (unpaired) electrons. The first-order valence-corrected chi connectivity index (χ1v) is 12.8. The largest absolute Gasteiger partial charge is 0.497 e. The molecule has 0 aliphatic carbocycles. The van der Waals surface area contributed by atoms with Gasteiger partial charge in [-0.25, -0.2) is 0 Å². The van der Waals surface area contributed by atoms with Crippen molar-refractivity contribution in [2.24, 2.45) is 11.3 Å². The van der Waals surface area contributed by atoms with Crippen LogP contribution in [0.15, 0.2) is 41.2 Å². The number of aromatic nitrogens is 1. The average Bonchev–Trinajstić information content (AvgIpc) is 2.90. The first-order chi connectivity index (χ1) is 17.7. The molecule has 2 amide bonds. The maximum Gasteiger partial charge on any atom is 0.250 e. The zero-order valence-corrected chi connectivity index (χ0v) is 22.4. The number of thiocarbonyl (C=S) groups is 1. The van der Waals surface area contributed by atoms with Crippen LogP contribution in [0.5, 0.6) is 11.5 Å². The monoisotopic (exact) mass is 524 g/mol. The molecular formula is C27H32N4O5S. The number of methoxy groups -OCH3 is 2. The number of piperidine rings is 1. The van der Waals surface area contributed by atoms with Crippen LogP contribution >= 0.6 is 12.2 Å². The maximum absolute atomic E-state index is 14.0. The second kappa shape index (κ2) is 9.57. The first-order valence-electron chi connectivity index (χ1n) is 12.4. The molecule has 0 N–H and O–H groups in total. The second-order valence-corrected chi connectivity index (χ2v) is 10.7. The fourth-order valence-corrected chi connectivity index (χ4v) is 6.47. The van der Waals surface area contributed by atoms with E-state index >= 15 is 0 Å². The van der Waals surface area contributed by atoms with E-state index in [0.717, 1.165) is 17.7 Å². The molecule has 2 atom stereocenters. The average molecular weight is 525 g/mol. The van der Waals surface area contributed by atoms with Crippen LogP contribution in [0, 0.1) is 11.3 Å². The predicted octanol–water partition coefficient (Wildman–Crippen LogP) is 1.73. The van der Waals surface area contributed by atoms with Crippen molar-refractivity contribution in [1.29, 1.82) is 0 Å². The zero-order valence-electron chi connectivity index (χ0n) is 21.6. The molecule has 2 saturated heterocycles. The summed E-state index contributed by atoms with van der Waals surface area (Å²) in [6, 6.07) is 10.8. The Morgan fingerprint density at radius 1 is 0.973 bits per heavy atom. The van der Waals surface area contributed by atoms with E-state index in [-0.39, 0.29) is 47.3 Å². The summed E-state index contributed by atoms with van der Waals surface area (Å²) in [4.78, 5) is 45.4. The van der Waals surface area contributed by atoms with Gasteiger partial charge in [-0.05, 0) is 42.3 Å². The van der Waals surface area contributed by atoms with E-state index in [9.17, 15) is 14.4 Å². The number of benzene rings is 1. The minimum atomic E-state index is -1.38. The lowest BCUT2D eigenvalue weighted by Gasteiger charge is -2.48. The molecule has 10 heteroatoms. The summed E-state index contributed by atoms with van der Waals surface area (Å²) in [5.74, 6) is 0.992. The number of nitrogens with zero attached hydrogens (tertiary/aromatic N) is 4. The number of fused-ring (bicyclic) bond motifs is 4. The smallest absolute Gasteiger partial charge is 0.250 e. The van der Waals surface area contributed by atoms with Gasteiger partial charge < -0.3 is 18.9 Å². The van der Waals surface area contributed by atoms with Crippen LogP contribution in [0.2, 0.25) is 0 Å². The van der Waals surface area contributed by atoms with Crippen LogP contribution in [0.4, 0.5) is 0 Å². The Morgan fingerprint density at radius 3 is 2.38 bits per heavy atom. The highest BCUT2D eigenvalue weighted by atomic mass is 32.1. The van der Waals surface area contributed by atoms with Crippen LogP contribution in [0.3, 0.4) is 0 Å². The summed E-state index contributed by atoms with van der Waals surface area (Å²) in [5, 5.41) is 0.191. The van der Waals surface area contributed by atoms with Gasteiger partial charge in [0.15, 0.2) is 5.11 Å². The molecular weight excluding hydrogens is 492 g/mol. The first kappa shape index (κ1) is 25.4. The van der Waals surface area contributed by atoms with E-state index in [0.29, 0.717) is 31.1 Å². The van der Waals surface area contributed by atoms with E-state index in [1.54, 1.807) is 46.5 Å². The van der Waals surface area contributed by atoms with Crippen molar-refractivity contribution in [1.82, 2.24) is 19.3 Å². The number of carbonyl (C=O) groups is 2. The molecule has 196 valence electrons. The maximum atomic E-state index is 14.0. The molecule has 3 aliphatic rings. The number of hydrogen-bond donors (Lipinski definition) is 0. The molecule has 2 aromatic rings. The van der Waals surface area contributed by atoms with Gasteiger partial charge in [0.1, 0.15) is 16.9 Å². The molecule has 0 spiro atoms. The van der Waals surface area contributed by atoms with Crippen LogP contribution < -0.4 is 15.0 Å². The number of likely N-dealkylation sites (tertiary alicyclic amines) is 1. The Morgan fingerprint density at radius 2 is 1.70 bits per heavy atom. The van der Waals surface area contributed by atoms with Crippen LogP contribution in [-0.4, -0.2) is 84.1 Å². The number of ether oxygens (including phenoxy) is 2. The van der Waals surface area contributed by atoms with Gasteiger partial charge in [0.25, 0.3) is 5.56 Å². The Hall–Kier alpha value is -3.24. The highest BCUT2D eigenvalue weighted by Crippen LogP contribution is 2.40. The minimum Gasteiger partial charge on any atom is -0.497 e.